The monoisotopic (exact) mass is 317 g/mol. The molecule has 1 aromatic rings. The third-order valence-electron chi connectivity index (χ3n) is 3.33. The zero-order valence-electron chi connectivity index (χ0n) is 11.8. The van der Waals surface area contributed by atoms with Gasteiger partial charge in [0.2, 0.25) is 5.91 Å². The van der Waals surface area contributed by atoms with Crippen LogP contribution in [0.2, 0.25) is 0 Å². The number of hydrogen-bond acceptors (Lipinski definition) is 5. The Bertz CT molecular complexity index is 466. The van der Waals surface area contributed by atoms with E-state index in [1.807, 2.05) is 24.4 Å². The molecule has 2 atom stereocenters. The van der Waals surface area contributed by atoms with E-state index < -0.39 is 6.10 Å². The summed E-state index contributed by atoms with van der Waals surface area (Å²) in [6.45, 7) is 1.19. The van der Waals surface area contributed by atoms with Crippen LogP contribution in [-0.4, -0.2) is 65.1 Å². The van der Waals surface area contributed by atoms with E-state index in [0.29, 0.717) is 18.8 Å². The molecule has 20 heavy (non-hydrogen) atoms. The summed E-state index contributed by atoms with van der Waals surface area (Å²) in [5.74, 6) is 0.403. The van der Waals surface area contributed by atoms with Crippen LogP contribution >= 0.6 is 22.9 Å². The number of nitrogens with zero attached hydrogens (tertiary/aromatic N) is 3. The second-order valence-electron chi connectivity index (χ2n) is 5.39. The third-order valence-corrected chi connectivity index (χ3v) is 4.50. The van der Waals surface area contributed by atoms with Gasteiger partial charge in [0.15, 0.2) is 0 Å². The second kappa shape index (κ2) is 6.85. The van der Waals surface area contributed by atoms with Crippen LogP contribution in [0, 0.1) is 0 Å². The molecule has 0 aliphatic carbocycles. The number of aliphatic hydroxyl groups excluding tert-OH is 1. The predicted molar refractivity (Wildman–Crippen MR) is 80.1 cm³/mol. The highest BCUT2D eigenvalue weighted by Crippen LogP contribution is 2.21. The molecule has 0 spiro atoms. The number of carbonyl (C=O) groups excluding carboxylic acids is 1. The van der Waals surface area contributed by atoms with Gasteiger partial charge in [-0.05, 0) is 20.5 Å². The maximum Gasteiger partial charge on any atom is 0.229 e. The quantitative estimate of drug-likeness (QED) is 0.822. The van der Waals surface area contributed by atoms with E-state index in [-0.39, 0.29) is 18.4 Å². The van der Waals surface area contributed by atoms with Crippen molar-refractivity contribution >= 4 is 28.8 Å². The number of rotatable bonds is 5. The first kappa shape index (κ1) is 15.7. The van der Waals surface area contributed by atoms with Gasteiger partial charge in [0, 0.05) is 24.5 Å². The Kier molecular flexibility index (Phi) is 5.37. The highest BCUT2D eigenvalue weighted by atomic mass is 35.5. The number of aliphatic hydroxyl groups is 1. The highest BCUT2D eigenvalue weighted by Gasteiger charge is 2.34. The second-order valence-corrected chi connectivity index (χ2v) is 6.60. The van der Waals surface area contributed by atoms with Gasteiger partial charge < -0.3 is 14.9 Å². The largest absolute Gasteiger partial charge is 0.391 e. The fourth-order valence-corrected chi connectivity index (χ4v) is 3.53. The summed E-state index contributed by atoms with van der Waals surface area (Å²) in [6, 6.07) is 0.0833. The Morgan fingerprint density at radius 3 is 3.00 bits per heavy atom. The first-order valence-corrected chi connectivity index (χ1v) is 8.02. The minimum absolute atomic E-state index is 0.0314. The number of hydrogen-bond donors (Lipinski definition) is 1. The van der Waals surface area contributed by atoms with Gasteiger partial charge in [-0.2, -0.15) is 0 Å². The summed E-state index contributed by atoms with van der Waals surface area (Å²) in [5, 5.41) is 12.5. The fourth-order valence-electron chi connectivity index (χ4n) is 2.51. The van der Waals surface area contributed by atoms with E-state index in [1.165, 1.54) is 11.3 Å². The molecule has 1 aliphatic heterocycles. The Balaban J connectivity index is 1.99. The van der Waals surface area contributed by atoms with Gasteiger partial charge in [-0.25, -0.2) is 4.98 Å². The van der Waals surface area contributed by atoms with Gasteiger partial charge in [0.05, 0.1) is 24.1 Å². The van der Waals surface area contributed by atoms with Crippen molar-refractivity contribution in [3.05, 3.63) is 16.1 Å². The molecular weight excluding hydrogens is 298 g/mol. The molecule has 0 radical (unpaired) electrons. The van der Waals surface area contributed by atoms with Crippen LogP contribution in [0.25, 0.3) is 0 Å². The van der Waals surface area contributed by atoms with Crippen molar-refractivity contribution < 1.29 is 9.90 Å². The van der Waals surface area contributed by atoms with Crippen LogP contribution in [0.15, 0.2) is 5.38 Å². The average Bonchev–Trinajstić information content (AvgIpc) is 2.95. The number of likely N-dealkylation sites (tertiary alicyclic amines) is 1. The van der Waals surface area contributed by atoms with Crippen LogP contribution in [0.4, 0.5) is 0 Å². The zero-order chi connectivity index (χ0) is 14.7. The molecule has 1 fully saturated rings. The van der Waals surface area contributed by atoms with E-state index in [0.717, 1.165) is 17.2 Å². The van der Waals surface area contributed by atoms with Gasteiger partial charge in [-0.15, -0.1) is 22.9 Å². The maximum atomic E-state index is 12.4. The lowest BCUT2D eigenvalue weighted by molar-refractivity contribution is -0.131. The van der Waals surface area contributed by atoms with Crippen molar-refractivity contribution in [1.82, 2.24) is 14.8 Å². The van der Waals surface area contributed by atoms with E-state index in [1.54, 1.807) is 4.90 Å². The number of carbonyl (C=O) groups is 1. The maximum absolute atomic E-state index is 12.4. The van der Waals surface area contributed by atoms with Crippen LogP contribution in [0.3, 0.4) is 0 Å². The topological polar surface area (TPSA) is 56.7 Å². The number of halogens is 1. The lowest BCUT2D eigenvalue weighted by atomic mass is 10.2. The molecule has 7 heteroatoms. The van der Waals surface area contributed by atoms with E-state index in [2.05, 4.69) is 4.98 Å². The molecule has 1 aromatic heterocycles. The summed E-state index contributed by atoms with van der Waals surface area (Å²) in [5.41, 5.74) is 0.811. The van der Waals surface area contributed by atoms with Crippen molar-refractivity contribution in [2.24, 2.45) is 0 Å². The van der Waals surface area contributed by atoms with Crippen molar-refractivity contribution in [1.29, 1.82) is 0 Å². The Labute approximate surface area is 128 Å². The molecule has 0 bridgehead atoms. The minimum Gasteiger partial charge on any atom is -0.391 e. The van der Waals surface area contributed by atoms with Crippen molar-refractivity contribution in [2.75, 3.05) is 27.2 Å². The first-order chi connectivity index (χ1) is 9.49. The van der Waals surface area contributed by atoms with E-state index >= 15 is 0 Å². The van der Waals surface area contributed by atoms with E-state index in [4.69, 9.17) is 11.6 Å². The van der Waals surface area contributed by atoms with Gasteiger partial charge in [0.25, 0.3) is 0 Å². The van der Waals surface area contributed by atoms with E-state index in [9.17, 15) is 9.90 Å². The molecule has 1 saturated heterocycles. The predicted octanol–water partition coefficient (Wildman–Crippen LogP) is 0.948. The van der Waals surface area contributed by atoms with Crippen LogP contribution in [-0.2, 0) is 17.1 Å². The molecule has 5 nitrogen and oxygen atoms in total. The lowest BCUT2D eigenvalue weighted by Gasteiger charge is -2.26. The molecule has 1 N–H and O–H groups in total. The fraction of sp³-hybridized carbons (Fsp3) is 0.692. The normalized spacial score (nSPS) is 22.8. The average molecular weight is 318 g/mol. The number of aromatic nitrogens is 1. The summed E-state index contributed by atoms with van der Waals surface area (Å²) in [4.78, 5) is 20.5. The summed E-state index contributed by atoms with van der Waals surface area (Å²) in [7, 11) is 3.95. The summed E-state index contributed by atoms with van der Waals surface area (Å²) >= 11 is 7.17. The minimum atomic E-state index is -0.418. The first-order valence-electron chi connectivity index (χ1n) is 6.61. The number of β-amino-alcohol motifs (C(OH)–C–C–N with tert-alkyl or cyclic N) is 1. The number of likely N-dealkylation sites (N-methyl/N-ethyl adjacent to an activating group) is 1. The smallest absolute Gasteiger partial charge is 0.229 e. The van der Waals surface area contributed by atoms with Gasteiger partial charge in [-0.1, -0.05) is 0 Å². The highest BCUT2D eigenvalue weighted by molar-refractivity contribution is 7.09. The molecular formula is C13H20ClN3O2S. The molecule has 1 aliphatic rings. The van der Waals surface area contributed by atoms with Gasteiger partial charge in [-0.3, -0.25) is 4.79 Å². The Morgan fingerprint density at radius 1 is 1.65 bits per heavy atom. The van der Waals surface area contributed by atoms with Crippen molar-refractivity contribution in [2.45, 2.75) is 30.9 Å². The van der Waals surface area contributed by atoms with Crippen molar-refractivity contribution in [3.63, 3.8) is 0 Å². The van der Waals surface area contributed by atoms with Crippen molar-refractivity contribution in [3.8, 4) is 0 Å². The van der Waals surface area contributed by atoms with Gasteiger partial charge >= 0.3 is 0 Å². The number of thiazole rings is 1. The van der Waals surface area contributed by atoms with Crippen LogP contribution in [0.5, 0.6) is 0 Å². The molecule has 2 rings (SSSR count). The number of amides is 1. The van der Waals surface area contributed by atoms with Crippen LogP contribution < -0.4 is 0 Å². The molecule has 2 unspecified atom stereocenters. The zero-order valence-corrected chi connectivity index (χ0v) is 13.3. The standard InChI is InChI=1S/C13H20ClN3O2S/c1-16(2)6-10-3-11(18)7-17(10)13(19)4-12-15-9(5-14)8-20-12/h8,10-11,18H,3-7H2,1-2H3. The Hall–Kier alpha value is -0.690. The Morgan fingerprint density at radius 2 is 2.40 bits per heavy atom. The SMILES string of the molecule is CN(C)CC1CC(O)CN1C(=O)Cc1nc(CCl)cs1. The number of alkyl halides is 1. The third kappa shape index (κ3) is 3.91. The molecule has 1 amide bonds. The van der Waals surface area contributed by atoms with Crippen LogP contribution in [0.1, 0.15) is 17.1 Å². The molecule has 112 valence electrons. The summed E-state index contributed by atoms with van der Waals surface area (Å²) in [6.07, 6.45) is 0.519. The lowest BCUT2D eigenvalue weighted by Crippen LogP contribution is -2.42. The molecule has 2 heterocycles. The molecule has 0 saturated carbocycles. The van der Waals surface area contributed by atoms with Gasteiger partial charge in [0.1, 0.15) is 5.01 Å². The summed E-state index contributed by atoms with van der Waals surface area (Å²) < 4.78 is 0. The molecule has 0 aromatic carbocycles.